The quantitative estimate of drug-likeness (QED) is 0.0264. The fourth-order valence-corrected chi connectivity index (χ4v) is 8.50. The Morgan fingerprint density at radius 1 is 0.448 bits per heavy atom. The molecule has 0 aromatic heterocycles. The van der Waals surface area contributed by atoms with Crippen LogP contribution in [-0.2, 0) is 32.7 Å². The van der Waals surface area contributed by atoms with E-state index in [4.69, 9.17) is 24.3 Å². The maximum atomic E-state index is 12.7. The van der Waals surface area contributed by atoms with Gasteiger partial charge in [0, 0.05) is 19.4 Å². The summed E-state index contributed by atoms with van der Waals surface area (Å²) in [5, 5.41) is 0. The second-order valence-corrected chi connectivity index (χ2v) is 19.9. The van der Waals surface area contributed by atoms with Crippen molar-refractivity contribution >= 4 is 19.8 Å². The number of phosphoric acid groups is 1. The van der Waals surface area contributed by atoms with Crippen LogP contribution in [0.3, 0.4) is 0 Å². The van der Waals surface area contributed by atoms with Crippen LogP contribution in [0, 0.1) is 0 Å². The Labute approximate surface area is 412 Å². The van der Waals surface area contributed by atoms with E-state index in [1.807, 2.05) is 0 Å². The van der Waals surface area contributed by atoms with Gasteiger partial charge in [-0.25, -0.2) is 4.57 Å². The average molecular weight is 962 g/mol. The predicted molar refractivity (Wildman–Crippen MR) is 284 cm³/mol. The van der Waals surface area contributed by atoms with E-state index in [1.165, 1.54) is 154 Å². The Bertz CT molecular complexity index is 1280. The van der Waals surface area contributed by atoms with Crippen molar-refractivity contribution in [1.82, 2.24) is 0 Å². The lowest BCUT2D eigenvalue weighted by Crippen LogP contribution is -2.29. The zero-order valence-electron chi connectivity index (χ0n) is 43.4. The smallest absolute Gasteiger partial charge is 0.462 e. The van der Waals surface area contributed by atoms with E-state index in [0.29, 0.717) is 6.42 Å². The first-order valence-corrected chi connectivity index (χ1v) is 29.3. The van der Waals surface area contributed by atoms with Crippen molar-refractivity contribution in [2.75, 3.05) is 26.4 Å². The molecular formula is C57H104NO8P. The summed E-state index contributed by atoms with van der Waals surface area (Å²) in [5.41, 5.74) is 5.37. The van der Waals surface area contributed by atoms with E-state index < -0.39 is 26.5 Å². The van der Waals surface area contributed by atoms with Gasteiger partial charge in [0.25, 0.3) is 0 Å². The third kappa shape index (κ3) is 52.9. The van der Waals surface area contributed by atoms with Crippen molar-refractivity contribution in [1.29, 1.82) is 0 Å². The molecule has 0 amide bonds. The van der Waals surface area contributed by atoms with E-state index in [0.717, 1.165) is 70.6 Å². The maximum absolute atomic E-state index is 12.7. The van der Waals surface area contributed by atoms with Crippen molar-refractivity contribution in [2.24, 2.45) is 5.73 Å². The van der Waals surface area contributed by atoms with Crippen molar-refractivity contribution < 1.29 is 37.6 Å². The molecule has 0 radical (unpaired) electrons. The molecule has 0 aliphatic carbocycles. The fraction of sp³-hybridized carbons (Fsp3) is 0.789. The summed E-state index contributed by atoms with van der Waals surface area (Å²) < 4.78 is 33.0. The number of rotatable bonds is 52. The van der Waals surface area contributed by atoms with Gasteiger partial charge in [0.05, 0.1) is 13.2 Å². The van der Waals surface area contributed by atoms with Gasteiger partial charge in [0.1, 0.15) is 6.61 Å². The summed E-state index contributed by atoms with van der Waals surface area (Å²) in [5.74, 6) is -0.833. The summed E-state index contributed by atoms with van der Waals surface area (Å²) in [6.07, 6.45) is 65.5. The van der Waals surface area contributed by atoms with Gasteiger partial charge in [-0.3, -0.25) is 18.6 Å². The van der Waals surface area contributed by atoms with Crippen molar-refractivity contribution in [2.45, 2.75) is 264 Å². The number of unbranched alkanes of at least 4 members (excludes halogenated alkanes) is 29. The molecule has 390 valence electrons. The summed E-state index contributed by atoms with van der Waals surface area (Å²) in [6, 6.07) is 0. The Morgan fingerprint density at radius 2 is 0.776 bits per heavy atom. The molecule has 0 aliphatic heterocycles. The minimum absolute atomic E-state index is 0.0508. The Balaban J connectivity index is 3.97. The predicted octanol–water partition coefficient (Wildman–Crippen LogP) is 17.2. The van der Waals surface area contributed by atoms with Crippen LogP contribution in [0.4, 0.5) is 0 Å². The number of esters is 2. The summed E-state index contributed by atoms with van der Waals surface area (Å²) >= 11 is 0. The van der Waals surface area contributed by atoms with Gasteiger partial charge in [-0.1, -0.05) is 222 Å². The van der Waals surface area contributed by atoms with Gasteiger partial charge in [0.15, 0.2) is 6.10 Å². The van der Waals surface area contributed by atoms with Crippen LogP contribution in [0.5, 0.6) is 0 Å². The number of phosphoric ester groups is 1. The highest BCUT2D eigenvalue weighted by Crippen LogP contribution is 2.43. The molecule has 67 heavy (non-hydrogen) atoms. The summed E-state index contributed by atoms with van der Waals surface area (Å²) in [4.78, 5) is 35.1. The van der Waals surface area contributed by atoms with Gasteiger partial charge in [-0.2, -0.15) is 0 Å². The first-order chi connectivity index (χ1) is 32.8. The fourth-order valence-electron chi connectivity index (χ4n) is 7.73. The molecule has 0 rings (SSSR count). The first kappa shape index (κ1) is 64.7. The molecule has 0 fully saturated rings. The molecule has 2 atom stereocenters. The zero-order chi connectivity index (χ0) is 48.8. The molecule has 0 spiro atoms. The van der Waals surface area contributed by atoms with Crippen molar-refractivity contribution in [3.63, 3.8) is 0 Å². The van der Waals surface area contributed by atoms with Crippen LogP contribution in [0.25, 0.3) is 0 Å². The Morgan fingerprint density at radius 3 is 1.18 bits per heavy atom. The van der Waals surface area contributed by atoms with Crippen molar-refractivity contribution in [3.8, 4) is 0 Å². The van der Waals surface area contributed by atoms with Crippen molar-refractivity contribution in [3.05, 3.63) is 60.8 Å². The molecule has 0 saturated carbocycles. The van der Waals surface area contributed by atoms with Gasteiger partial charge in [-0.15, -0.1) is 0 Å². The monoisotopic (exact) mass is 962 g/mol. The highest BCUT2D eigenvalue weighted by molar-refractivity contribution is 7.47. The van der Waals surface area contributed by atoms with Crippen LogP contribution in [0.1, 0.15) is 258 Å². The minimum atomic E-state index is -4.39. The lowest BCUT2D eigenvalue weighted by atomic mass is 10.0. The normalized spacial score (nSPS) is 13.6. The number of carbonyl (C=O) groups is 2. The largest absolute Gasteiger partial charge is 0.472 e. The molecule has 0 heterocycles. The standard InChI is InChI=1S/C57H104NO8P/c1-3-5-7-9-11-13-15-17-19-21-22-23-24-25-26-27-28-29-30-31-32-34-36-38-40-42-44-46-48-50-57(60)66-55(54-65-67(61,62)64-52-51-58)53-63-56(59)49-47-45-43-41-39-37-35-33-20-18-16-14-12-10-8-6-4-2/h12,14-15,17-18,20-22,24-25,55H,3-11,13,16,19,23,26-54,58H2,1-2H3,(H,61,62)/b14-12-,17-15-,20-18-,22-21-,25-24-. The van der Waals surface area contributed by atoms with E-state index in [9.17, 15) is 19.0 Å². The first-order valence-electron chi connectivity index (χ1n) is 27.8. The molecule has 2 unspecified atom stereocenters. The van der Waals surface area contributed by atoms with Gasteiger partial charge >= 0.3 is 19.8 Å². The number of ether oxygens (including phenoxy) is 2. The average Bonchev–Trinajstić information content (AvgIpc) is 3.32. The minimum Gasteiger partial charge on any atom is -0.462 e. The third-order valence-corrected chi connectivity index (χ3v) is 12.9. The van der Waals surface area contributed by atoms with Gasteiger partial charge in [-0.05, 0) is 83.5 Å². The molecule has 0 bridgehead atoms. The van der Waals surface area contributed by atoms with E-state index in [-0.39, 0.29) is 38.6 Å². The maximum Gasteiger partial charge on any atom is 0.472 e. The second kappa shape index (κ2) is 53.1. The van der Waals surface area contributed by atoms with Crippen LogP contribution < -0.4 is 5.73 Å². The molecule has 0 saturated heterocycles. The molecule has 10 heteroatoms. The van der Waals surface area contributed by atoms with Crippen LogP contribution in [-0.4, -0.2) is 49.3 Å². The number of hydrogen-bond donors (Lipinski definition) is 2. The Hall–Kier alpha value is -2.29. The second-order valence-electron chi connectivity index (χ2n) is 18.4. The molecule has 0 aromatic rings. The lowest BCUT2D eigenvalue weighted by Gasteiger charge is -2.19. The van der Waals surface area contributed by atoms with E-state index >= 15 is 0 Å². The van der Waals surface area contributed by atoms with Gasteiger partial charge in [0.2, 0.25) is 0 Å². The highest BCUT2D eigenvalue weighted by atomic mass is 31.2. The zero-order valence-corrected chi connectivity index (χ0v) is 44.3. The number of nitrogens with two attached hydrogens (primary N) is 1. The van der Waals surface area contributed by atoms with Crippen LogP contribution in [0.15, 0.2) is 60.8 Å². The SMILES string of the molecule is CCCCC/C=C\C/C=C\CCCCCCCCCC(=O)OCC(COP(=O)(O)OCCN)OC(=O)CCCCCCCCCCCCCCCC/C=C\C/C=C\C/C=C\CCCCCCC. The van der Waals surface area contributed by atoms with E-state index in [2.05, 4.69) is 74.6 Å². The van der Waals surface area contributed by atoms with Crippen LogP contribution >= 0.6 is 7.82 Å². The summed E-state index contributed by atoms with van der Waals surface area (Å²) in [7, 11) is -4.39. The van der Waals surface area contributed by atoms with Crippen LogP contribution in [0.2, 0.25) is 0 Å². The molecule has 0 aromatic carbocycles. The van der Waals surface area contributed by atoms with E-state index in [1.54, 1.807) is 0 Å². The third-order valence-electron chi connectivity index (χ3n) is 11.9. The molecule has 0 aliphatic rings. The topological polar surface area (TPSA) is 134 Å². The molecule has 9 nitrogen and oxygen atoms in total. The number of allylic oxidation sites excluding steroid dienone is 10. The highest BCUT2D eigenvalue weighted by Gasteiger charge is 2.26. The summed E-state index contributed by atoms with van der Waals surface area (Å²) in [6.45, 7) is 3.71. The molecular weight excluding hydrogens is 858 g/mol. The Kier molecular flexibility index (Phi) is 51.3. The van der Waals surface area contributed by atoms with Gasteiger partial charge < -0.3 is 20.1 Å². The lowest BCUT2D eigenvalue weighted by molar-refractivity contribution is -0.161. The molecule has 3 N–H and O–H groups in total. The number of carbonyl (C=O) groups excluding carboxylic acids is 2. The number of hydrogen-bond acceptors (Lipinski definition) is 8.